The molecule has 2 rings (SSSR count). The highest BCUT2D eigenvalue weighted by Gasteiger charge is 2.08. The Hall–Kier alpha value is -1.94. The molecule has 0 aliphatic rings. The SMILES string of the molecule is CCCNC(C)Cc1ccc(-c2nccnc2OC)cc1. The molecule has 21 heavy (non-hydrogen) atoms. The number of nitrogens with zero attached hydrogens (tertiary/aromatic N) is 2. The monoisotopic (exact) mass is 285 g/mol. The van der Waals surface area contributed by atoms with Crippen LogP contribution in [0.5, 0.6) is 5.88 Å². The van der Waals surface area contributed by atoms with Gasteiger partial charge in [-0.1, -0.05) is 31.2 Å². The number of nitrogens with one attached hydrogen (secondary N) is 1. The lowest BCUT2D eigenvalue weighted by Crippen LogP contribution is -2.28. The maximum absolute atomic E-state index is 5.26. The van der Waals surface area contributed by atoms with Gasteiger partial charge in [-0.05, 0) is 31.9 Å². The van der Waals surface area contributed by atoms with Crippen LogP contribution in [0, 0.1) is 0 Å². The Balaban J connectivity index is 2.08. The molecule has 112 valence electrons. The summed E-state index contributed by atoms with van der Waals surface area (Å²) in [7, 11) is 1.61. The van der Waals surface area contributed by atoms with Crippen LogP contribution >= 0.6 is 0 Å². The zero-order valence-corrected chi connectivity index (χ0v) is 13.0. The second-order valence-corrected chi connectivity index (χ2v) is 5.17. The fraction of sp³-hybridized carbons (Fsp3) is 0.412. The molecule has 1 atom stereocenters. The molecule has 2 aromatic rings. The average molecular weight is 285 g/mol. The van der Waals surface area contributed by atoms with E-state index in [9.17, 15) is 0 Å². The normalized spacial score (nSPS) is 12.1. The summed E-state index contributed by atoms with van der Waals surface area (Å²) < 4.78 is 5.26. The Morgan fingerprint density at radius 2 is 1.86 bits per heavy atom. The van der Waals surface area contributed by atoms with Crippen molar-refractivity contribution in [1.29, 1.82) is 0 Å². The smallest absolute Gasteiger partial charge is 0.240 e. The van der Waals surface area contributed by atoms with Gasteiger partial charge in [0.15, 0.2) is 0 Å². The lowest BCUT2D eigenvalue weighted by molar-refractivity contribution is 0.398. The number of ether oxygens (including phenoxy) is 1. The Morgan fingerprint density at radius 1 is 1.14 bits per heavy atom. The van der Waals surface area contributed by atoms with Crippen molar-refractivity contribution >= 4 is 0 Å². The molecule has 1 unspecified atom stereocenters. The third-order valence-corrected chi connectivity index (χ3v) is 3.37. The fourth-order valence-electron chi connectivity index (χ4n) is 2.29. The van der Waals surface area contributed by atoms with Crippen LogP contribution in [-0.4, -0.2) is 29.7 Å². The predicted octanol–water partition coefficient (Wildman–Crippen LogP) is 3.08. The molecule has 0 bridgehead atoms. The van der Waals surface area contributed by atoms with Crippen LogP contribution in [-0.2, 0) is 6.42 Å². The van der Waals surface area contributed by atoms with Crippen LogP contribution in [0.1, 0.15) is 25.8 Å². The number of hydrogen-bond acceptors (Lipinski definition) is 4. The molecule has 0 aliphatic heterocycles. The van der Waals surface area contributed by atoms with Crippen molar-refractivity contribution in [3.63, 3.8) is 0 Å². The van der Waals surface area contributed by atoms with E-state index in [0.717, 1.165) is 30.6 Å². The Bertz CT molecular complexity index is 554. The molecule has 1 aromatic heterocycles. The lowest BCUT2D eigenvalue weighted by Gasteiger charge is -2.13. The van der Waals surface area contributed by atoms with E-state index in [-0.39, 0.29) is 0 Å². The zero-order valence-electron chi connectivity index (χ0n) is 13.0. The van der Waals surface area contributed by atoms with Gasteiger partial charge in [-0.15, -0.1) is 0 Å². The number of hydrogen-bond donors (Lipinski definition) is 1. The summed E-state index contributed by atoms with van der Waals surface area (Å²) in [4.78, 5) is 8.53. The van der Waals surface area contributed by atoms with Crippen molar-refractivity contribution in [2.24, 2.45) is 0 Å². The number of methoxy groups -OCH3 is 1. The molecule has 1 heterocycles. The van der Waals surface area contributed by atoms with E-state index in [1.807, 2.05) is 0 Å². The first-order chi connectivity index (χ1) is 10.2. The highest BCUT2D eigenvalue weighted by Crippen LogP contribution is 2.25. The fourth-order valence-corrected chi connectivity index (χ4v) is 2.29. The van der Waals surface area contributed by atoms with Gasteiger partial charge in [-0.25, -0.2) is 9.97 Å². The second kappa shape index (κ2) is 7.74. The largest absolute Gasteiger partial charge is 0.479 e. The third-order valence-electron chi connectivity index (χ3n) is 3.37. The van der Waals surface area contributed by atoms with E-state index < -0.39 is 0 Å². The summed E-state index contributed by atoms with van der Waals surface area (Å²) in [5, 5.41) is 3.50. The lowest BCUT2D eigenvalue weighted by atomic mass is 10.0. The van der Waals surface area contributed by atoms with Crippen LogP contribution in [0.2, 0.25) is 0 Å². The average Bonchev–Trinajstić information content (AvgIpc) is 2.53. The highest BCUT2D eigenvalue weighted by atomic mass is 16.5. The van der Waals surface area contributed by atoms with E-state index >= 15 is 0 Å². The van der Waals surface area contributed by atoms with Crippen molar-refractivity contribution in [2.45, 2.75) is 32.7 Å². The summed E-state index contributed by atoms with van der Waals surface area (Å²) in [6.07, 6.45) is 5.51. The van der Waals surface area contributed by atoms with Gasteiger partial charge in [-0.3, -0.25) is 0 Å². The van der Waals surface area contributed by atoms with Crippen molar-refractivity contribution < 1.29 is 4.74 Å². The second-order valence-electron chi connectivity index (χ2n) is 5.17. The van der Waals surface area contributed by atoms with Crippen LogP contribution in [0.15, 0.2) is 36.7 Å². The van der Waals surface area contributed by atoms with Crippen molar-refractivity contribution in [1.82, 2.24) is 15.3 Å². The maximum Gasteiger partial charge on any atom is 0.240 e. The van der Waals surface area contributed by atoms with Crippen LogP contribution in [0.3, 0.4) is 0 Å². The van der Waals surface area contributed by atoms with Crippen molar-refractivity contribution in [3.05, 3.63) is 42.2 Å². The molecular weight excluding hydrogens is 262 g/mol. The molecule has 0 saturated carbocycles. The Kier molecular flexibility index (Phi) is 5.69. The topological polar surface area (TPSA) is 47.0 Å². The highest BCUT2D eigenvalue weighted by molar-refractivity contribution is 5.64. The summed E-state index contributed by atoms with van der Waals surface area (Å²) in [6, 6.07) is 8.94. The van der Waals surface area contributed by atoms with E-state index in [0.29, 0.717) is 11.9 Å². The molecule has 1 aromatic carbocycles. The minimum Gasteiger partial charge on any atom is -0.479 e. The standard InChI is InChI=1S/C17H23N3O/c1-4-9-18-13(2)12-14-5-7-15(8-6-14)16-17(21-3)20-11-10-19-16/h5-8,10-11,13,18H,4,9,12H2,1-3H3. The number of aromatic nitrogens is 2. The van der Waals surface area contributed by atoms with Gasteiger partial charge in [-0.2, -0.15) is 0 Å². The Labute approximate surface area is 126 Å². The van der Waals surface area contributed by atoms with E-state index in [2.05, 4.69) is 53.4 Å². The molecule has 4 nitrogen and oxygen atoms in total. The van der Waals surface area contributed by atoms with Crippen LogP contribution in [0.25, 0.3) is 11.3 Å². The maximum atomic E-state index is 5.26. The van der Waals surface area contributed by atoms with Gasteiger partial charge < -0.3 is 10.1 Å². The molecule has 0 aliphatic carbocycles. The van der Waals surface area contributed by atoms with Gasteiger partial charge in [0.2, 0.25) is 5.88 Å². The first-order valence-corrected chi connectivity index (χ1v) is 7.42. The van der Waals surface area contributed by atoms with E-state index in [1.54, 1.807) is 19.5 Å². The third kappa shape index (κ3) is 4.26. The molecule has 0 radical (unpaired) electrons. The van der Waals surface area contributed by atoms with Crippen LogP contribution < -0.4 is 10.1 Å². The van der Waals surface area contributed by atoms with Gasteiger partial charge >= 0.3 is 0 Å². The minimum absolute atomic E-state index is 0.488. The summed E-state index contributed by atoms with van der Waals surface area (Å²) in [5.41, 5.74) is 3.12. The van der Waals surface area contributed by atoms with Gasteiger partial charge in [0.1, 0.15) is 5.69 Å². The van der Waals surface area contributed by atoms with Gasteiger partial charge in [0.25, 0.3) is 0 Å². The van der Waals surface area contributed by atoms with E-state index in [1.165, 1.54) is 5.56 Å². The Morgan fingerprint density at radius 3 is 2.52 bits per heavy atom. The predicted molar refractivity (Wildman–Crippen MR) is 85.5 cm³/mol. The summed E-state index contributed by atoms with van der Waals surface area (Å²) in [5.74, 6) is 0.559. The van der Waals surface area contributed by atoms with Crippen molar-refractivity contribution in [3.8, 4) is 17.1 Å². The molecule has 0 fully saturated rings. The van der Waals surface area contributed by atoms with E-state index in [4.69, 9.17) is 4.74 Å². The van der Waals surface area contributed by atoms with Gasteiger partial charge in [0.05, 0.1) is 7.11 Å². The van der Waals surface area contributed by atoms with Crippen LogP contribution in [0.4, 0.5) is 0 Å². The number of benzene rings is 1. The first-order valence-electron chi connectivity index (χ1n) is 7.42. The summed E-state index contributed by atoms with van der Waals surface area (Å²) in [6.45, 7) is 5.47. The molecule has 0 spiro atoms. The quantitative estimate of drug-likeness (QED) is 0.849. The van der Waals surface area contributed by atoms with Gasteiger partial charge in [0, 0.05) is 24.0 Å². The molecule has 1 N–H and O–H groups in total. The molecule has 0 amide bonds. The molecule has 0 saturated heterocycles. The van der Waals surface area contributed by atoms with Crippen molar-refractivity contribution in [2.75, 3.05) is 13.7 Å². The molecular formula is C17H23N3O. The minimum atomic E-state index is 0.488. The zero-order chi connectivity index (χ0) is 15.1. The number of rotatable bonds is 7. The first kappa shape index (κ1) is 15.4. The molecule has 4 heteroatoms. The summed E-state index contributed by atoms with van der Waals surface area (Å²) >= 11 is 0.